The number of carbonyl (C=O) groups is 1. The molecule has 104 valence electrons. The topological polar surface area (TPSA) is 36.2 Å². The molecule has 0 unspecified atom stereocenters. The van der Waals surface area contributed by atoms with Crippen molar-refractivity contribution in [2.75, 3.05) is 0 Å². The zero-order chi connectivity index (χ0) is 14.7. The Hall–Kier alpha value is -2.31. The average Bonchev–Trinajstić information content (AvgIpc) is 2.96. The molecule has 0 radical (unpaired) electrons. The molecule has 0 aliphatic heterocycles. The quantitative estimate of drug-likeness (QED) is 0.364. The van der Waals surface area contributed by atoms with Crippen LogP contribution in [0.2, 0.25) is 0 Å². The second-order valence-corrected chi connectivity index (χ2v) is 4.26. The number of allylic oxidation sites excluding steroid dienone is 1. The number of rotatable bonds is 5. The number of hydrogen-bond acceptors (Lipinski definition) is 2. The van der Waals surface area contributed by atoms with E-state index < -0.39 is 13.3 Å². The minimum Gasteiger partial charge on any atom is -0.503 e. The smallest absolute Gasteiger partial charge is 0.503 e. The molecule has 0 atom stereocenters. The van der Waals surface area contributed by atoms with Gasteiger partial charge in [0.2, 0.25) is 5.78 Å². The zero-order valence-corrected chi connectivity index (χ0v) is 11.1. The summed E-state index contributed by atoms with van der Waals surface area (Å²) in [6.45, 7) is 0. The lowest BCUT2D eigenvalue weighted by atomic mass is 10.2. The predicted octanol–water partition coefficient (Wildman–Crippen LogP) is 2.53. The fourth-order valence-electron chi connectivity index (χ4n) is 1.89. The van der Waals surface area contributed by atoms with Crippen LogP contribution in [0.4, 0.5) is 8.63 Å². The average molecular weight is 278 g/mol. The molecule has 0 aliphatic carbocycles. The molecule has 0 aliphatic rings. The van der Waals surface area contributed by atoms with Crippen molar-refractivity contribution in [1.29, 1.82) is 0 Å². The first kappa shape index (κ1) is 14.1. The maximum Gasteiger partial charge on any atom is 0.796 e. The highest BCUT2D eigenvalue weighted by molar-refractivity contribution is 6.36. The first-order valence-corrected chi connectivity index (χ1v) is 5.93. The summed E-state index contributed by atoms with van der Waals surface area (Å²) < 4.78 is 32.7. The van der Waals surface area contributed by atoms with Crippen LogP contribution in [0.5, 0.6) is 0 Å². The molecule has 7 heteroatoms. The maximum atomic E-state index is 12.5. The third-order valence-electron chi connectivity index (χ3n) is 2.87. The van der Waals surface area contributed by atoms with Gasteiger partial charge in [-0.15, -0.1) is 0 Å². The van der Waals surface area contributed by atoms with Gasteiger partial charge in [-0.1, -0.05) is 0 Å². The van der Waals surface area contributed by atoms with Crippen LogP contribution >= 0.6 is 0 Å². The second kappa shape index (κ2) is 5.77. The summed E-state index contributed by atoms with van der Waals surface area (Å²) in [6.07, 6.45) is 4.47. The van der Waals surface area contributed by atoms with Crippen molar-refractivity contribution in [2.24, 2.45) is 14.1 Å². The van der Waals surface area contributed by atoms with Gasteiger partial charge in [0.15, 0.2) is 0 Å². The predicted molar refractivity (Wildman–Crippen MR) is 72.2 cm³/mol. The largest absolute Gasteiger partial charge is 0.796 e. The Labute approximate surface area is 115 Å². The van der Waals surface area contributed by atoms with E-state index in [2.05, 4.69) is 4.65 Å². The highest BCUT2D eigenvalue weighted by atomic mass is 19.2. The van der Waals surface area contributed by atoms with Crippen molar-refractivity contribution in [3.63, 3.8) is 0 Å². The van der Waals surface area contributed by atoms with E-state index in [1.807, 2.05) is 0 Å². The van der Waals surface area contributed by atoms with Crippen molar-refractivity contribution in [2.45, 2.75) is 0 Å². The maximum absolute atomic E-state index is 12.5. The molecule has 2 aromatic rings. The summed E-state index contributed by atoms with van der Waals surface area (Å²) in [7, 11) is 0.403. The summed E-state index contributed by atoms with van der Waals surface area (Å²) in [5.74, 6) is -0.548. The Morgan fingerprint density at radius 2 is 1.70 bits per heavy atom. The van der Waals surface area contributed by atoms with E-state index in [4.69, 9.17) is 0 Å². The van der Waals surface area contributed by atoms with Gasteiger partial charge in [-0.05, 0) is 24.3 Å². The van der Waals surface area contributed by atoms with Gasteiger partial charge in [0.05, 0.1) is 11.4 Å². The van der Waals surface area contributed by atoms with Crippen molar-refractivity contribution < 1.29 is 18.1 Å². The van der Waals surface area contributed by atoms with Crippen molar-refractivity contribution in [3.05, 3.63) is 54.1 Å². The lowest BCUT2D eigenvalue weighted by Crippen LogP contribution is -2.10. The molecular formula is C13H13BF2N2O2. The molecule has 0 N–H and O–H groups in total. The Morgan fingerprint density at radius 3 is 2.15 bits per heavy atom. The molecule has 0 saturated carbocycles. The number of aromatic nitrogens is 2. The molecular weight excluding hydrogens is 265 g/mol. The van der Waals surface area contributed by atoms with Gasteiger partial charge < -0.3 is 13.8 Å². The summed E-state index contributed by atoms with van der Waals surface area (Å²) in [4.78, 5) is 12.1. The van der Waals surface area contributed by atoms with Gasteiger partial charge in [0.25, 0.3) is 0 Å². The van der Waals surface area contributed by atoms with Crippen LogP contribution in [-0.2, 0) is 18.7 Å². The molecule has 20 heavy (non-hydrogen) atoms. The van der Waals surface area contributed by atoms with Gasteiger partial charge in [0, 0.05) is 32.6 Å². The Morgan fingerprint density at radius 1 is 1.15 bits per heavy atom. The minimum atomic E-state index is -2.99. The summed E-state index contributed by atoms with van der Waals surface area (Å²) in [5.41, 5.74) is 0.808. The number of hydrogen-bond donors (Lipinski definition) is 0. The first-order valence-electron chi connectivity index (χ1n) is 5.93. The van der Waals surface area contributed by atoms with E-state index >= 15 is 0 Å². The third-order valence-corrected chi connectivity index (χ3v) is 2.87. The van der Waals surface area contributed by atoms with E-state index in [1.54, 1.807) is 59.9 Å². The third kappa shape index (κ3) is 2.99. The molecule has 4 nitrogen and oxygen atoms in total. The highest BCUT2D eigenvalue weighted by Crippen LogP contribution is 2.19. The van der Waals surface area contributed by atoms with E-state index in [1.165, 1.54) is 0 Å². The van der Waals surface area contributed by atoms with Gasteiger partial charge >= 0.3 is 7.47 Å². The molecule has 0 spiro atoms. The minimum absolute atomic E-state index is 0.154. The van der Waals surface area contributed by atoms with E-state index in [-0.39, 0.29) is 5.76 Å². The van der Waals surface area contributed by atoms with Crippen molar-refractivity contribution in [1.82, 2.24) is 9.13 Å². The van der Waals surface area contributed by atoms with Gasteiger partial charge in [-0.2, -0.15) is 0 Å². The van der Waals surface area contributed by atoms with Crippen molar-refractivity contribution in [3.8, 4) is 0 Å². The molecule has 0 bridgehead atoms. The van der Waals surface area contributed by atoms with Crippen LogP contribution < -0.4 is 0 Å². The zero-order valence-electron chi connectivity index (χ0n) is 11.1. The number of nitrogens with zero attached hydrogens (tertiary/aromatic N) is 2. The fraction of sp³-hybridized carbons (Fsp3) is 0.154. The monoisotopic (exact) mass is 278 g/mol. The summed E-state index contributed by atoms with van der Waals surface area (Å²) >= 11 is 0. The number of halogens is 2. The van der Waals surface area contributed by atoms with Crippen molar-refractivity contribution >= 4 is 19.0 Å². The van der Waals surface area contributed by atoms with E-state index in [0.717, 1.165) is 6.08 Å². The van der Waals surface area contributed by atoms with Gasteiger partial charge in [-0.3, -0.25) is 4.79 Å². The molecule has 0 amide bonds. The number of carbonyl (C=O) groups excluding carboxylic acids is 1. The molecule has 0 saturated heterocycles. The van der Waals surface area contributed by atoms with Crippen LogP contribution in [0, 0.1) is 0 Å². The fourth-order valence-corrected chi connectivity index (χ4v) is 1.89. The van der Waals surface area contributed by atoms with Gasteiger partial charge in [-0.25, -0.2) is 8.63 Å². The SMILES string of the molecule is Cn1cccc1C(=O)/C=C(\OB(F)F)c1cccn1C. The van der Waals surface area contributed by atoms with Crippen LogP contribution in [0.3, 0.4) is 0 Å². The molecule has 0 fully saturated rings. The second-order valence-electron chi connectivity index (χ2n) is 4.26. The van der Waals surface area contributed by atoms with Gasteiger partial charge in [0.1, 0.15) is 5.76 Å². The molecule has 0 aromatic carbocycles. The normalized spacial score (nSPS) is 11.5. The van der Waals surface area contributed by atoms with E-state index in [9.17, 15) is 13.4 Å². The lowest BCUT2D eigenvalue weighted by Gasteiger charge is -2.09. The number of aryl methyl sites for hydroxylation is 2. The van der Waals surface area contributed by atoms with Crippen LogP contribution in [0.25, 0.3) is 5.76 Å². The molecule has 2 aromatic heterocycles. The Kier molecular flexibility index (Phi) is 4.07. The molecule has 2 rings (SSSR count). The van der Waals surface area contributed by atoms with Crippen LogP contribution in [0.1, 0.15) is 16.2 Å². The number of ketones is 1. The standard InChI is InChI=1S/C13H13BF2N2O2/c1-17-7-3-5-10(17)12(19)9-13(20-14(15)16)11-6-4-8-18(11)2/h3-9H,1-2H3/b13-9-. The summed E-state index contributed by atoms with van der Waals surface area (Å²) in [5, 5.41) is 0. The summed E-state index contributed by atoms with van der Waals surface area (Å²) in [6, 6.07) is 6.61. The van der Waals surface area contributed by atoms with Crippen LogP contribution in [-0.4, -0.2) is 22.4 Å². The Bertz CT molecular complexity index is 646. The van der Waals surface area contributed by atoms with E-state index in [0.29, 0.717) is 11.4 Å². The Balaban J connectivity index is 2.37. The highest BCUT2D eigenvalue weighted by Gasteiger charge is 2.22. The molecule has 2 heterocycles. The van der Waals surface area contributed by atoms with Crippen LogP contribution in [0.15, 0.2) is 42.7 Å². The first-order chi connectivity index (χ1) is 9.49. The lowest BCUT2D eigenvalue weighted by molar-refractivity contribution is 0.103.